The van der Waals surface area contributed by atoms with Gasteiger partial charge in [-0.05, 0) is 80.3 Å². The van der Waals surface area contributed by atoms with Gasteiger partial charge in [-0.3, -0.25) is 9.10 Å². The Hall–Kier alpha value is -2.05. The monoisotopic (exact) mass is 462 g/mol. The molecule has 3 rings (SSSR count). The van der Waals surface area contributed by atoms with Crippen molar-refractivity contribution in [3.05, 3.63) is 63.7 Å². The average molecular weight is 463 g/mol. The second kappa shape index (κ2) is 9.61. The molecule has 0 aromatic heterocycles. The Labute approximate surface area is 190 Å². The molecule has 1 amide bonds. The summed E-state index contributed by atoms with van der Waals surface area (Å²) < 4.78 is 26.5. The van der Waals surface area contributed by atoms with Crippen LogP contribution in [0, 0.1) is 6.92 Å². The maximum Gasteiger partial charge on any atom is 0.244 e. The number of carbonyl (C=O) groups excluding carboxylic acids is 1. The molecule has 0 saturated carbocycles. The van der Waals surface area contributed by atoms with E-state index in [4.69, 9.17) is 11.6 Å². The maximum absolute atomic E-state index is 13.2. The van der Waals surface area contributed by atoms with Gasteiger partial charge in [-0.15, -0.1) is 0 Å². The van der Waals surface area contributed by atoms with Crippen molar-refractivity contribution in [3.63, 3.8) is 0 Å². The van der Waals surface area contributed by atoms with E-state index in [1.807, 2.05) is 20.8 Å². The molecular formula is C24H31ClN2O3S. The number of rotatable bonds is 7. The standard InChI is InChI=1S/C24H31ClN2O3S/c1-5-23(27(31(4,29)30)21-13-10-16(2)22(25)15-21)24(28)26-17(3)19-12-11-18-8-6-7-9-20(18)14-19/h10-15,17,23H,5-9H2,1-4H3,(H,26,28)/t17-,23-/m1/s1. The number of aryl methyl sites for hydroxylation is 3. The molecule has 1 N–H and O–H groups in total. The third-order valence-electron chi connectivity index (χ3n) is 5.97. The first-order valence-electron chi connectivity index (χ1n) is 10.8. The van der Waals surface area contributed by atoms with E-state index >= 15 is 0 Å². The van der Waals surface area contributed by atoms with E-state index in [2.05, 4.69) is 23.5 Å². The van der Waals surface area contributed by atoms with Crippen LogP contribution in [0.4, 0.5) is 5.69 Å². The molecule has 0 aliphatic heterocycles. The lowest BCUT2D eigenvalue weighted by Gasteiger charge is -2.31. The molecule has 31 heavy (non-hydrogen) atoms. The van der Waals surface area contributed by atoms with Crippen LogP contribution in [0.1, 0.15) is 61.4 Å². The molecule has 0 saturated heterocycles. The molecule has 0 fully saturated rings. The van der Waals surface area contributed by atoms with E-state index in [1.165, 1.54) is 28.3 Å². The van der Waals surface area contributed by atoms with Gasteiger partial charge in [0, 0.05) is 5.02 Å². The number of carbonyl (C=O) groups is 1. The third kappa shape index (κ3) is 5.42. The number of hydrogen-bond acceptors (Lipinski definition) is 3. The van der Waals surface area contributed by atoms with Gasteiger partial charge in [-0.25, -0.2) is 8.42 Å². The first-order valence-corrected chi connectivity index (χ1v) is 13.0. The number of sulfonamides is 1. The first kappa shape index (κ1) is 23.6. The Balaban J connectivity index is 1.85. The molecule has 0 radical (unpaired) electrons. The summed E-state index contributed by atoms with van der Waals surface area (Å²) in [7, 11) is -3.70. The number of amides is 1. The van der Waals surface area contributed by atoms with Crippen molar-refractivity contribution in [2.45, 2.75) is 65.0 Å². The van der Waals surface area contributed by atoms with Crippen molar-refractivity contribution in [1.82, 2.24) is 5.32 Å². The smallest absolute Gasteiger partial charge is 0.244 e. The highest BCUT2D eigenvalue weighted by Crippen LogP contribution is 2.29. The van der Waals surface area contributed by atoms with Crippen molar-refractivity contribution in [1.29, 1.82) is 0 Å². The predicted molar refractivity (Wildman–Crippen MR) is 127 cm³/mol. The molecule has 2 aromatic carbocycles. The highest BCUT2D eigenvalue weighted by Gasteiger charge is 2.32. The summed E-state index contributed by atoms with van der Waals surface area (Å²) in [6.07, 6.45) is 6.04. The van der Waals surface area contributed by atoms with Crippen LogP contribution in [0.3, 0.4) is 0 Å². The number of hydrogen-bond donors (Lipinski definition) is 1. The van der Waals surface area contributed by atoms with Crippen LogP contribution in [0.2, 0.25) is 5.02 Å². The molecule has 0 spiro atoms. The SMILES string of the molecule is CC[C@H](C(=O)N[C@H](C)c1ccc2c(c1)CCCC2)N(c1ccc(C)c(Cl)c1)S(C)(=O)=O. The molecule has 0 unspecified atom stereocenters. The predicted octanol–water partition coefficient (Wildman–Crippen LogP) is 4.95. The summed E-state index contributed by atoms with van der Waals surface area (Å²) >= 11 is 6.24. The molecule has 7 heteroatoms. The average Bonchev–Trinajstić information content (AvgIpc) is 2.72. The summed E-state index contributed by atoms with van der Waals surface area (Å²) in [5.41, 5.74) is 5.01. The lowest BCUT2D eigenvalue weighted by Crippen LogP contribution is -2.49. The van der Waals surface area contributed by atoms with Crippen molar-refractivity contribution in [2.24, 2.45) is 0 Å². The number of nitrogens with zero attached hydrogens (tertiary/aromatic N) is 1. The zero-order chi connectivity index (χ0) is 22.8. The maximum atomic E-state index is 13.2. The summed E-state index contributed by atoms with van der Waals surface area (Å²) in [6, 6.07) is 10.3. The normalized spacial score (nSPS) is 15.6. The van der Waals surface area contributed by atoms with Crippen LogP contribution in [-0.4, -0.2) is 26.6 Å². The molecule has 2 atom stereocenters. The molecule has 1 aliphatic carbocycles. The number of benzene rings is 2. The second-order valence-electron chi connectivity index (χ2n) is 8.38. The Morgan fingerprint density at radius 3 is 2.42 bits per heavy atom. The van der Waals surface area contributed by atoms with Gasteiger partial charge in [-0.1, -0.05) is 42.8 Å². The van der Waals surface area contributed by atoms with Gasteiger partial charge in [0.1, 0.15) is 6.04 Å². The van der Waals surface area contributed by atoms with Crippen LogP contribution in [0.15, 0.2) is 36.4 Å². The molecule has 0 heterocycles. The Kier molecular flexibility index (Phi) is 7.32. The van der Waals surface area contributed by atoms with Crippen LogP contribution >= 0.6 is 11.6 Å². The van der Waals surface area contributed by atoms with E-state index in [9.17, 15) is 13.2 Å². The van der Waals surface area contributed by atoms with Gasteiger partial charge in [0.2, 0.25) is 15.9 Å². The van der Waals surface area contributed by atoms with E-state index in [0.29, 0.717) is 17.1 Å². The van der Waals surface area contributed by atoms with Crippen molar-refractivity contribution < 1.29 is 13.2 Å². The number of fused-ring (bicyclic) bond motifs is 1. The van der Waals surface area contributed by atoms with Gasteiger partial charge in [-0.2, -0.15) is 0 Å². The Morgan fingerprint density at radius 1 is 1.13 bits per heavy atom. The molecular weight excluding hydrogens is 432 g/mol. The van der Waals surface area contributed by atoms with Gasteiger partial charge < -0.3 is 5.32 Å². The zero-order valence-electron chi connectivity index (χ0n) is 18.6. The molecule has 2 aromatic rings. The minimum Gasteiger partial charge on any atom is -0.348 e. The number of nitrogens with one attached hydrogen (secondary N) is 1. The van der Waals surface area contributed by atoms with E-state index in [1.54, 1.807) is 18.2 Å². The molecule has 168 valence electrons. The van der Waals surface area contributed by atoms with Gasteiger partial charge in [0.25, 0.3) is 0 Å². The largest absolute Gasteiger partial charge is 0.348 e. The number of halogens is 1. The topological polar surface area (TPSA) is 66.5 Å². The van der Waals surface area contributed by atoms with E-state index in [-0.39, 0.29) is 11.9 Å². The lowest BCUT2D eigenvalue weighted by atomic mass is 9.89. The third-order valence-corrected chi connectivity index (χ3v) is 7.56. The Bertz CT molecular complexity index is 1070. The Morgan fingerprint density at radius 2 is 1.81 bits per heavy atom. The highest BCUT2D eigenvalue weighted by molar-refractivity contribution is 7.92. The second-order valence-corrected chi connectivity index (χ2v) is 10.6. The lowest BCUT2D eigenvalue weighted by molar-refractivity contribution is -0.122. The highest BCUT2D eigenvalue weighted by atomic mass is 35.5. The fraction of sp³-hybridized carbons (Fsp3) is 0.458. The van der Waals surface area contributed by atoms with E-state index in [0.717, 1.165) is 30.2 Å². The summed E-state index contributed by atoms with van der Waals surface area (Å²) in [6.45, 7) is 5.59. The summed E-state index contributed by atoms with van der Waals surface area (Å²) in [4.78, 5) is 13.2. The minimum atomic E-state index is -3.70. The summed E-state index contributed by atoms with van der Waals surface area (Å²) in [5, 5.41) is 3.49. The summed E-state index contributed by atoms with van der Waals surface area (Å²) in [5.74, 6) is -0.324. The molecule has 1 aliphatic rings. The number of anilines is 1. The van der Waals surface area contributed by atoms with Gasteiger partial charge in [0.15, 0.2) is 0 Å². The first-order chi connectivity index (χ1) is 14.6. The van der Waals surface area contributed by atoms with E-state index < -0.39 is 16.1 Å². The molecule has 0 bridgehead atoms. The minimum absolute atomic E-state index is 0.225. The molecule has 5 nitrogen and oxygen atoms in total. The van der Waals surface area contributed by atoms with Crippen LogP contribution in [0.25, 0.3) is 0 Å². The quantitative estimate of drug-likeness (QED) is 0.633. The van der Waals surface area contributed by atoms with Crippen molar-refractivity contribution >= 4 is 33.2 Å². The fourth-order valence-corrected chi connectivity index (χ4v) is 5.57. The van der Waals surface area contributed by atoms with Crippen molar-refractivity contribution in [3.8, 4) is 0 Å². The van der Waals surface area contributed by atoms with Crippen LogP contribution in [-0.2, 0) is 27.7 Å². The van der Waals surface area contributed by atoms with Gasteiger partial charge >= 0.3 is 0 Å². The van der Waals surface area contributed by atoms with Gasteiger partial charge in [0.05, 0.1) is 18.0 Å². The van der Waals surface area contributed by atoms with Crippen LogP contribution < -0.4 is 9.62 Å². The van der Waals surface area contributed by atoms with Crippen molar-refractivity contribution in [2.75, 3.05) is 10.6 Å². The van der Waals surface area contributed by atoms with Crippen LogP contribution in [0.5, 0.6) is 0 Å². The fourth-order valence-electron chi connectivity index (χ4n) is 4.19. The zero-order valence-corrected chi connectivity index (χ0v) is 20.2.